The molecule has 3 aromatic rings. The van der Waals surface area contributed by atoms with Crippen LogP contribution in [0, 0.1) is 0 Å². The largest absolute Gasteiger partial charge is 0.494 e. The Hall–Kier alpha value is -2.62. The zero-order valence-corrected chi connectivity index (χ0v) is 23.0. The number of benzene rings is 3. The lowest BCUT2D eigenvalue weighted by Crippen LogP contribution is -1.92. The van der Waals surface area contributed by atoms with E-state index in [1.54, 1.807) is 7.11 Å². The molecule has 0 aromatic heterocycles. The van der Waals surface area contributed by atoms with Crippen LogP contribution in [0.3, 0.4) is 0 Å². The van der Waals surface area contributed by atoms with Crippen LogP contribution in [0.5, 0.6) is 5.75 Å². The second-order valence-corrected chi connectivity index (χ2v) is 9.54. The van der Waals surface area contributed by atoms with Gasteiger partial charge in [0.1, 0.15) is 5.75 Å². The van der Waals surface area contributed by atoms with Gasteiger partial charge in [-0.15, -0.1) is 0 Å². The molecule has 35 heavy (non-hydrogen) atoms. The fraction of sp³-hybridized carbons (Fsp3) is 0.438. The molecule has 0 saturated carbocycles. The molecule has 3 nitrogen and oxygen atoms in total. The van der Waals surface area contributed by atoms with Crippen LogP contribution in [0.4, 0.5) is 0 Å². The van der Waals surface area contributed by atoms with E-state index in [2.05, 4.69) is 90.1 Å². The smallest absolute Gasteiger partial charge is 0.119 e. The molecule has 0 saturated heterocycles. The molecule has 0 atom stereocenters. The molecule has 3 heteroatoms. The SMILES string of the molecule is CC(C)c1ccc(CO)cc1.CCOc1ccc(C(C)C)cc1.COCc1cccc(C(C)C)c1. The Balaban J connectivity index is 0.000000263. The van der Waals surface area contributed by atoms with Gasteiger partial charge >= 0.3 is 0 Å². The van der Waals surface area contributed by atoms with E-state index in [1.807, 2.05) is 31.2 Å². The normalized spacial score (nSPS) is 10.5. The molecular weight excluding hydrogens is 432 g/mol. The number of aliphatic hydroxyl groups excluding tert-OH is 1. The summed E-state index contributed by atoms with van der Waals surface area (Å²) in [6, 6.07) is 24.9. The summed E-state index contributed by atoms with van der Waals surface area (Å²) in [6.45, 7) is 16.7. The third-order valence-electron chi connectivity index (χ3n) is 5.62. The zero-order valence-electron chi connectivity index (χ0n) is 23.0. The van der Waals surface area contributed by atoms with E-state index in [0.29, 0.717) is 24.4 Å². The number of methoxy groups -OCH3 is 1. The van der Waals surface area contributed by atoms with Gasteiger partial charge in [-0.2, -0.15) is 0 Å². The summed E-state index contributed by atoms with van der Waals surface area (Å²) in [5, 5.41) is 8.77. The van der Waals surface area contributed by atoms with E-state index >= 15 is 0 Å². The van der Waals surface area contributed by atoms with Crippen LogP contribution in [0.15, 0.2) is 72.8 Å². The van der Waals surface area contributed by atoms with Gasteiger partial charge in [0.25, 0.3) is 0 Å². The summed E-state index contributed by atoms with van der Waals surface area (Å²) in [6.07, 6.45) is 0. The molecule has 0 radical (unpaired) electrons. The Morgan fingerprint density at radius 1 is 0.657 bits per heavy atom. The molecule has 0 fully saturated rings. The molecule has 0 aliphatic carbocycles. The van der Waals surface area contributed by atoms with Gasteiger partial charge in [0.15, 0.2) is 0 Å². The average molecular weight is 479 g/mol. The quantitative estimate of drug-likeness (QED) is 0.353. The predicted molar refractivity (Wildman–Crippen MR) is 149 cm³/mol. The summed E-state index contributed by atoms with van der Waals surface area (Å²) in [4.78, 5) is 0. The van der Waals surface area contributed by atoms with Gasteiger partial charge in [0.05, 0.1) is 19.8 Å². The first kappa shape index (κ1) is 30.4. The zero-order chi connectivity index (χ0) is 26.2. The molecule has 0 amide bonds. The molecule has 0 spiro atoms. The lowest BCUT2D eigenvalue weighted by Gasteiger charge is -2.06. The molecular formula is C32H46O3. The van der Waals surface area contributed by atoms with Gasteiger partial charge < -0.3 is 14.6 Å². The van der Waals surface area contributed by atoms with Gasteiger partial charge in [-0.05, 0) is 64.6 Å². The van der Waals surface area contributed by atoms with Crippen molar-refractivity contribution in [2.75, 3.05) is 13.7 Å². The third kappa shape index (κ3) is 12.1. The third-order valence-corrected chi connectivity index (χ3v) is 5.62. The maximum Gasteiger partial charge on any atom is 0.119 e. The first-order chi connectivity index (χ1) is 16.7. The summed E-state index contributed by atoms with van der Waals surface area (Å²) in [5.41, 5.74) is 6.29. The predicted octanol–water partition coefficient (Wildman–Crippen LogP) is 8.47. The van der Waals surface area contributed by atoms with Crippen molar-refractivity contribution in [2.24, 2.45) is 0 Å². The lowest BCUT2D eigenvalue weighted by molar-refractivity contribution is 0.185. The maximum atomic E-state index is 8.77. The summed E-state index contributed by atoms with van der Waals surface area (Å²) in [5.74, 6) is 2.73. The highest BCUT2D eigenvalue weighted by atomic mass is 16.5. The molecule has 1 N–H and O–H groups in total. The Labute approximate surface area is 214 Å². The molecule has 0 unspecified atom stereocenters. The Morgan fingerprint density at radius 3 is 1.60 bits per heavy atom. The standard InChI is InChI=1S/2C11H16O.C10H14O/c1-9(2)11-6-4-5-10(7-11)8-12-3;1-4-12-11-7-5-10(6-8-11)9(2)3;1-8(2)10-5-3-9(7-11)4-6-10/h4-7,9H,8H2,1-3H3;5-9H,4H2,1-3H3;3-6,8,11H,7H2,1-2H3. The van der Waals surface area contributed by atoms with Crippen molar-refractivity contribution >= 4 is 0 Å². The number of hydrogen-bond donors (Lipinski definition) is 1. The summed E-state index contributed by atoms with van der Waals surface area (Å²) >= 11 is 0. The van der Waals surface area contributed by atoms with Crippen LogP contribution in [-0.2, 0) is 18.0 Å². The second kappa shape index (κ2) is 16.9. The van der Waals surface area contributed by atoms with Gasteiger partial charge in [0, 0.05) is 7.11 Å². The van der Waals surface area contributed by atoms with Crippen LogP contribution in [0.25, 0.3) is 0 Å². The van der Waals surface area contributed by atoms with Crippen molar-refractivity contribution < 1.29 is 14.6 Å². The molecule has 3 aromatic carbocycles. The van der Waals surface area contributed by atoms with Gasteiger partial charge in [-0.3, -0.25) is 0 Å². The average Bonchev–Trinajstić information content (AvgIpc) is 2.86. The minimum absolute atomic E-state index is 0.137. The molecule has 0 aliphatic rings. The van der Waals surface area contributed by atoms with E-state index in [1.165, 1.54) is 22.3 Å². The summed E-state index contributed by atoms with van der Waals surface area (Å²) < 4.78 is 10.4. The van der Waals surface area contributed by atoms with Crippen LogP contribution in [0.2, 0.25) is 0 Å². The number of ether oxygens (including phenoxy) is 2. The summed E-state index contributed by atoms with van der Waals surface area (Å²) in [7, 11) is 1.72. The number of hydrogen-bond acceptors (Lipinski definition) is 3. The van der Waals surface area contributed by atoms with Gasteiger partial charge in [-0.25, -0.2) is 0 Å². The molecule has 0 aliphatic heterocycles. The van der Waals surface area contributed by atoms with E-state index in [9.17, 15) is 0 Å². The molecule has 192 valence electrons. The second-order valence-electron chi connectivity index (χ2n) is 9.54. The van der Waals surface area contributed by atoms with Gasteiger partial charge in [-0.1, -0.05) is 102 Å². The fourth-order valence-corrected chi connectivity index (χ4v) is 3.33. The minimum Gasteiger partial charge on any atom is -0.494 e. The van der Waals surface area contributed by atoms with Gasteiger partial charge in [0.2, 0.25) is 0 Å². The Kier molecular flexibility index (Phi) is 14.7. The van der Waals surface area contributed by atoms with Crippen molar-refractivity contribution in [2.45, 2.75) is 79.4 Å². The minimum atomic E-state index is 0.137. The first-order valence-corrected chi connectivity index (χ1v) is 12.7. The topological polar surface area (TPSA) is 38.7 Å². The fourth-order valence-electron chi connectivity index (χ4n) is 3.33. The van der Waals surface area contributed by atoms with Crippen LogP contribution in [0.1, 0.15) is 94.0 Å². The maximum absolute atomic E-state index is 8.77. The highest BCUT2D eigenvalue weighted by Crippen LogP contribution is 2.18. The van der Waals surface area contributed by atoms with Crippen molar-refractivity contribution in [3.05, 3.63) is 101 Å². The Bertz CT molecular complexity index is 926. The van der Waals surface area contributed by atoms with E-state index in [0.717, 1.165) is 17.9 Å². The van der Waals surface area contributed by atoms with E-state index in [4.69, 9.17) is 14.6 Å². The van der Waals surface area contributed by atoms with Crippen molar-refractivity contribution in [3.63, 3.8) is 0 Å². The molecule has 3 rings (SSSR count). The molecule has 0 heterocycles. The van der Waals surface area contributed by atoms with E-state index in [-0.39, 0.29) is 6.61 Å². The number of aliphatic hydroxyl groups is 1. The van der Waals surface area contributed by atoms with E-state index < -0.39 is 0 Å². The number of rotatable bonds is 8. The van der Waals surface area contributed by atoms with Crippen molar-refractivity contribution in [1.29, 1.82) is 0 Å². The highest BCUT2D eigenvalue weighted by molar-refractivity contribution is 5.29. The lowest BCUT2D eigenvalue weighted by atomic mass is 10.0. The monoisotopic (exact) mass is 478 g/mol. The Morgan fingerprint density at radius 2 is 1.17 bits per heavy atom. The molecule has 0 bridgehead atoms. The first-order valence-electron chi connectivity index (χ1n) is 12.7. The van der Waals surface area contributed by atoms with Crippen LogP contribution >= 0.6 is 0 Å². The highest BCUT2D eigenvalue weighted by Gasteiger charge is 2.00. The van der Waals surface area contributed by atoms with Crippen molar-refractivity contribution in [1.82, 2.24) is 0 Å². The van der Waals surface area contributed by atoms with Crippen LogP contribution in [-0.4, -0.2) is 18.8 Å². The van der Waals surface area contributed by atoms with Crippen LogP contribution < -0.4 is 4.74 Å². The van der Waals surface area contributed by atoms with Crippen molar-refractivity contribution in [3.8, 4) is 5.75 Å².